The number of nitrogens with zero attached hydrogens (tertiary/aromatic N) is 4. The van der Waals surface area contributed by atoms with E-state index in [2.05, 4.69) is 15.4 Å². The van der Waals surface area contributed by atoms with Gasteiger partial charge in [-0.05, 0) is 43.0 Å². The standard InChI is InChI=1S/C22H20ClN5O3/c23-19-9-15(10-24)1-3-17(19)18-13-27-28(22(18)30)20-4-2-16(12-25-20)21(29)26-11-14-5-7-31-8-6-14/h1-4,9,12-14,30H,5-8,11H2,(H,26,29). The first kappa shape index (κ1) is 20.8. The van der Waals surface area contributed by atoms with Crippen LogP contribution >= 0.6 is 11.6 Å². The van der Waals surface area contributed by atoms with Gasteiger partial charge in [0, 0.05) is 36.5 Å². The first-order chi connectivity index (χ1) is 15.1. The monoisotopic (exact) mass is 437 g/mol. The molecule has 0 spiro atoms. The minimum absolute atomic E-state index is 0.143. The summed E-state index contributed by atoms with van der Waals surface area (Å²) in [5.41, 5.74) is 1.81. The molecule has 1 saturated heterocycles. The predicted molar refractivity (Wildman–Crippen MR) is 114 cm³/mol. The Hall–Kier alpha value is -3.41. The number of rotatable bonds is 5. The molecule has 3 aromatic rings. The van der Waals surface area contributed by atoms with Crippen LogP contribution in [0.1, 0.15) is 28.8 Å². The summed E-state index contributed by atoms with van der Waals surface area (Å²) in [6.45, 7) is 2.08. The first-order valence-electron chi connectivity index (χ1n) is 9.86. The molecule has 2 aromatic heterocycles. The molecular weight excluding hydrogens is 418 g/mol. The number of ether oxygens (including phenoxy) is 1. The highest BCUT2D eigenvalue weighted by Gasteiger charge is 2.18. The Morgan fingerprint density at radius 3 is 2.74 bits per heavy atom. The van der Waals surface area contributed by atoms with Gasteiger partial charge in [0.05, 0.1) is 29.0 Å². The molecule has 0 saturated carbocycles. The van der Waals surface area contributed by atoms with Crippen LogP contribution in [-0.4, -0.2) is 45.5 Å². The lowest BCUT2D eigenvalue weighted by Crippen LogP contribution is -2.32. The average molecular weight is 438 g/mol. The molecular formula is C22H20ClN5O3. The van der Waals surface area contributed by atoms with Crippen molar-refractivity contribution in [3.05, 3.63) is 58.9 Å². The van der Waals surface area contributed by atoms with E-state index >= 15 is 0 Å². The Bertz CT molecular complexity index is 1130. The van der Waals surface area contributed by atoms with E-state index in [0.29, 0.717) is 45.6 Å². The van der Waals surface area contributed by atoms with Crippen molar-refractivity contribution in [2.24, 2.45) is 5.92 Å². The molecule has 0 bridgehead atoms. The molecule has 158 valence electrons. The SMILES string of the molecule is N#Cc1ccc(-c2cnn(-c3ccc(C(=O)NCC4CCOCC4)cn3)c2O)c(Cl)c1. The molecule has 0 radical (unpaired) electrons. The molecule has 1 aromatic carbocycles. The fourth-order valence-corrected chi connectivity index (χ4v) is 3.72. The highest BCUT2D eigenvalue weighted by molar-refractivity contribution is 6.33. The fraction of sp³-hybridized carbons (Fsp3) is 0.273. The van der Waals surface area contributed by atoms with Gasteiger partial charge >= 0.3 is 0 Å². The zero-order chi connectivity index (χ0) is 21.8. The molecule has 8 nitrogen and oxygen atoms in total. The summed E-state index contributed by atoms with van der Waals surface area (Å²) in [5.74, 6) is 0.448. The largest absolute Gasteiger partial charge is 0.493 e. The van der Waals surface area contributed by atoms with Crippen LogP contribution in [0, 0.1) is 17.2 Å². The lowest BCUT2D eigenvalue weighted by Gasteiger charge is -2.22. The maximum Gasteiger partial charge on any atom is 0.252 e. The van der Waals surface area contributed by atoms with E-state index in [0.717, 1.165) is 26.1 Å². The molecule has 1 aliphatic rings. The van der Waals surface area contributed by atoms with Crippen molar-refractivity contribution in [3.8, 4) is 28.9 Å². The second kappa shape index (κ2) is 9.16. The number of pyridine rings is 1. The smallest absolute Gasteiger partial charge is 0.252 e. The summed E-state index contributed by atoms with van der Waals surface area (Å²) in [5, 5.41) is 27.1. The second-order valence-electron chi connectivity index (χ2n) is 7.27. The van der Waals surface area contributed by atoms with E-state index < -0.39 is 0 Å². The van der Waals surface area contributed by atoms with Gasteiger partial charge in [0.2, 0.25) is 5.88 Å². The van der Waals surface area contributed by atoms with Crippen LogP contribution in [0.15, 0.2) is 42.7 Å². The van der Waals surface area contributed by atoms with Crippen LogP contribution in [0.2, 0.25) is 5.02 Å². The summed E-state index contributed by atoms with van der Waals surface area (Å²) in [6.07, 6.45) is 4.81. The van der Waals surface area contributed by atoms with E-state index in [4.69, 9.17) is 21.6 Å². The normalized spacial score (nSPS) is 14.2. The van der Waals surface area contributed by atoms with Crippen molar-refractivity contribution in [2.45, 2.75) is 12.8 Å². The molecule has 0 unspecified atom stereocenters. The summed E-state index contributed by atoms with van der Waals surface area (Å²) in [4.78, 5) is 16.7. The van der Waals surface area contributed by atoms with Crippen LogP contribution in [-0.2, 0) is 4.74 Å². The molecule has 0 atom stereocenters. The lowest BCUT2D eigenvalue weighted by molar-refractivity contribution is 0.0642. The number of halogens is 1. The third-order valence-electron chi connectivity index (χ3n) is 5.25. The van der Waals surface area contributed by atoms with Gasteiger partial charge in [0.1, 0.15) is 0 Å². The third kappa shape index (κ3) is 4.53. The Morgan fingerprint density at radius 2 is 2.06 bits per heavy atom. The maximum atomic E-state index is 12.4. The predicted octanol–water partition coefficient (Wildman–Crippen LogP) is 3.32. The summed E-state index contributed by atoms with van der Waals surface area (Å²) in [6, 6.07) is 10.1. The van der Waals surface area contributed by atoms with Crippen LogP contribution in [0.25, 0.3) is 16.9 Å². The van der Waals surface area contributed by atoms with Crippen LogP contribution in [0.5, 0.6) is 5.88 Å². The number of carbonyl (C=O) groups excluding carboxylic acids is 1. The van der Waals surface area contributed by atoms with Crippen molar-refractivity contribution in [2.75, 3.05) is 19.8 Å². The van der Waals surface area contributed by atoms with Crippen molar-refractivity contribution in [3.63, 3.8) is 0 Å². The van der Waals surface area contributed by atoms with Crippen LogP contribution < -0.4 is 5.32 Å². The van der Waals surface area contributed by atoms with E-state index in [-0.39, 0.29) is 11.8 Å². The molecule has 3 heterocycles. The van der Waals surface area contributed by atoms with Gasteiger partial charge in [-0.2, -0.15) is 15.0 Å². The summed E-state index contributed by atoms with van der Waals surface area (Å²) < 4.78 is 6.59. The molecule has 9 heteroatoms. The van der Waals surface area contributed by atoms with Gasteiger partial charge in [0.15, 0.2) is 5.82 Å². The maximum absolute atomic E-state index is 12.4. The molecule has 31 heavy (non-hydrogen) atoms. The summed E-state index contributed by atoms with van der Waals surface area (Å²) >= 11 is 6.25. The average Bonchev–Trinajstić information content (AvgIpc) is 3.19. The Kier molecular flexibility index (Phi) is 6.16. The van der Waals surface area contributed by atoms with Crippen molar-refractivity contribution < 1.29 is 14.6 Å². The topological polar surface area (TPSA) is 113 Å². The van der Waals surface area contributed by atoms with E-state index in [1.54, 1.807) is 24.3 Å². The van der Waals surface area contributed by atoms with E-state index in [1.807, 2.05) is 6.07 Å². The highest BCUT2D eigenvalue weighted by Crippen LogP contribution is 2.35. The molecule has 1 amide bonds. The third-order valence-corrected chi connectivity index (χ3v) is 5.56. The van der Waals surface area contributed by atoms with E-state index in [9.17, 15) is 9.90 Å². The minimum atomic E-state index is -0.194. The van der Waals surface area contributed by atoms with Gasteiger partial charge in [-0.1, -0.05) is 17.7 Å². The number of amides is 1. The number of benzene rings is 1. The number of hydrogen-bond donors (Lipinski definition) is 2. The van der Waals surface area contributed by atoms with Gasteiger partial charge in [-0.3, -0.25) is 4.79 Å². The Labute approximate surface area is 184 Å². The van der Waals surface area contributed by atoms with Crippen LogP contribution in [0.3, 0.4) is 0 Å². The zero-order valence-corrected chi connectivity index (χ0v) is 17.3. The van der Waals surface area contributed by atoms with Crippen molar-refractivity contribution in [1.29, 1.82) is 5.26 Å². The lowest BCUT2D eigenvalue weighted by atomic mass is 10.0. The van der Waals surface area contributed by atoms with Crippen molar-refractivity contribution in [1.82, 2.24) is 20.1 Å². The highest BCUT2D eigenvalue weighted by atomic mass is 35.5. The number of aromatic nitrogens is 3. The number of carbonyl (C=O) groups is 1. The molecule has 2 N–H and O–H groups in total. The minimum Gasteiger partial charge on any atom is -0.493 e. The summed E-state index contributed by atoms with van der Waals surface area (Å²) in [7, 11) is 0. The number of nitrogens with one attached hydrogen (secondary N) is 1. The molecule has 4 rings (SSSR count). The molecule has 0 aliphatic carbocycles. The van der Waals surface area contributed by atoms with Crippen molar-refractivity contribution >= 4 is 17.5 Å². The quantitative estimate of drug-likeness (QED) is 0.633. The Morgan fingerprint density at radius 1 is 1.26 bits per heavy atom. The first-order valence-corrected chi connectivity index (χ1v) is 10.2. The second-order valence-corrected chi connectivity index (χ2v) is 7.68. The zero-order valence-electron chi connectivity index (χ0n) is 16.6. The Balaban J connectivity index is 1.48. The number of hydrogen-bond acceptors (Lipinski definition) is 6. The van der Waals surface area contributed by atoms with Gasteiger partial charge in [-0.25, -0.2) is 4.98 Å². The van der Waals surface area contributed by atoms with Gasteiger partial charge in [-0.15, -0.1) is 0 Å². The molecule has 1 aliphatic heterocycles. The molecule has 1 fully saturated rings. The number of aromatic hydroxyl groups is 1. The van der Waals surface area contributed by atoms with Crippen LogP contribution in [0.4, 0.5) is 0 Å². The van der Waals surface area contributed by atoms with Gasteiger partial charge < -0.3 is 15.2 Å². The van der Waals surface area contributed by atoms with Gasteiger partial charge in [0.25, 0.3) is 5.91 Å². The number of nitriles is 1. The fourth-order valence-electron chi connectivity index (χ4n) is 3.44. The van der Waals surface area contributed by atoms with E-state index in [1.165, 1.54) is 23.1 Å².